The fourth-order valence-electron chi connectivity index (χ4n) is 2.35. The molecular formula is C20H22N4O3. The summed E-state index contributed by atoms with van der Waals surface area (Å²) in [7, 11) is 3.27. The summed E-state index contributed by atoms with van der Waals surface area (Å²) in [4.78, 5) is 26.2. The summed E-state index contributed by atoms with van der Waals surface area (Å²) in [6.45, 7) is 1.77. The molecule has 0 bridgehead atoms. The number of carbonyl (C=O) groups excluding carboxylic acids is 2. The molecule has 2 aromatic carbocycles. The third-order valence-electron chi connectivity index (χ3n) is 4.07. The second kappa shape index (κ2) is 9.36. The van der Waals surface area contributed by atoms with Crippen molar-refractivity contribution < 1.29 is 14.3 Å². The number of anilines is 2. The Kier molecular flexibility index (Phi) is 6.92. The van der Waals surface area contributed by atoms with Crippen molar-refractivity contribution in [2.45, 2.75) is 13.0 Å². The number of benzene rings is 2. The van der Waals surface area contributed by atoms with E-state index in [2.05, 4.69) is 10.6 Å². The molecule has 2 N–H and O–H groups in total. The van der Waals surface area contributed by atoms with Gasteiger partial charge in [-0.1, -0.05) is 6.07 Å². The Hall–Kier alpha value is -3.37. The maximum absolute atomic E-state index is 12.4. The molecule has 0 aliphatic rings. The summed E-state index contributed by atoms with van der Waals surface area (Å²) in [5.41, 5.74) is 1.66. The van der Waals surface area contributed by atoms with Crippen molar-refractivity contribution in [1.82, 2.24) is 4.90 Å². The van der Waals surface area contributed by atoms with Gasteiger partial charge < -0.3 is 15.4 Å². The largest absolute Gasteiger partial charge is 0.497 e. The summed E-state index contributed by atoms with van der Waals surface area (Å²) < 4.78 is 5.08. The molecule has 7 nitrogen and oxygen atoms in total. The van der Waals surface area contributed by atoms with E-state index in [1.165, 1.54) is 0 Å². The quantitative estimate of drug-likeness (QED) is 0.785. The first-order chi connectivity index (χ1) is 12.9. The Labute approximate surface area is 158 Å². The van der Waals surface area contributed by atoms with Crippen LogP contribution in [0.25, 0.3) is 0 Å². The van der Waals surface area contributed by atoms with E-state index in [4.69, 9.17) is 10.00 Å². The van der Waals surface area contributed by atoms with Crippen molar-refractivity contribution in [2.75, 3.05) is 31.3 Å². The number of nitrogens with one attached hydrogen (secondary N) is 2. The van der Waals surface area contributed by atoms with Crippen LogP contribution in [0.2, 0.25) is 0 Å². The zero-order valence-electron chi connectivity index (χ0n) is 15.5. The standard InChI is InChI=1S/C20H22N4O3/c1-14(20(26)23-17-6-4-5-15(11-17)12-21)24(2)13-19(25)22-16-7-9-18(27-3)10-8-16/h4-11,14H,13H2,1-3H3,(H,22,25)(H,23,26). The number of nitriles is 1. The van der Waals surface area contributed by atoms with Crippen molar-refractivity contribution in [1.29, 1.82) is 5.26 Å². The van der Waals surface area contributed by atoms with E-state index in [9.17, 15) is 9.59 Å². The van der Waals surface area contributed by atoms with Crippen LogP contribution in [0.3, 0.4) is 0 Å². The Morgan fingerprint density at radius 3 is 2.48 bits per heavy atom. The van der Waals surface area contributed by atoms with Gasteiger partial charge in [0, 0.05) is 11.4 Å². The summed E-state index contributed by atoms with van der Waals surface area (Å²) in [6.07, 6.45) is 0. The van der Waals surface area contributed by atoms with Gasteiger partial charge in [0.1, 0.15) is 5.75 Å². The van der Waals surface area contributed by atoms with E-state index in [1.807, 2.05) is 6.07 Å². The van der Waals surface area contributed by atoms with Crippen LogP contribution in [0.4, 0.5) is 11.4 Å². The molecule has 7 heteroatoms. The van der Waals surface area contributed by atoms with Gasteiger partial charge in [0.2, 0.25) is 11.8 Å². The summed E-state index contributed by atoms with van der Waals surface area (Å²) in [5, 5.41) is 14.5. The van der Waals surface area contributed by atoms with Gasteiger partial charge in [-0.2, -0.15) is 5.26 Å². The van der Waals surface area contributed by atoms with E-state index in [-0.39, 0.29) is 18.4 Å². The van der Waals surface area contributed by atoms with Crippen LogP contribution in [-0.2, 0) is 9.59 Å². The molecule has 0 fully saturated rings. The first kappa shape index (κ1) is 19.9. The highest BCUT2D eigenvalue weighted by molar-refractivity contribution is 5.96. The van der Waals surface area contributed by atoms with E-state index in [0.29, 0.717) is 22.7 Å². The molecule has 1 unspecified atom stereocenters. The average molecular weight is 366 g/mol. The number of carbonyl (C=O) groups is 2. The fraction of sp³-hybridized carbons (Fsp3) is 0.250. The molecule has 0 saturated carbocycles. The molecule has 0 aromatic heterocycles. The molecule has 140 valence electrons. The van der Waals surface area contributed by atoms with Gasteiger partial charge in [-0.25, -0.2) is 0 Å². The minimum Gasteiger partial charge on any atom is -0.497 e. The minimum atomic E-state index is -0.530. The van der Waals surface area contributed by atoms with E-state index < -0.39 is 6.04 Å². The van der Waals surface area contributed by atoms with Crippen molar-refractivity contribution in [3.63, 3.8) is 0 Å². The zero-order chi connectivity index (χ0) is 19.8. The third-order valence-corrected chi connectivity index (χ3v) is 4.07. The summed E-state index contributed by atoms with van der Waals surface area (Å²) >= 11 is 0. The summed E-state index contributed by atoms with van der Waals surface area (Å²) in [6, 6.07) is 15.2. The highest BCUT2D eigenvalue weighted by Crippen LogP contribution is 2.15. The van der Waals surface area contributed by atoms with Gasteiger partial charge in [-0.15, -0.1) is 0 Å². The topological polar surface area (TPSA) is 94.5 Å². The highest BCUT2D eigenvalue weighted by atomic mass is 16.5. The molecular weight excluding hydrogens is 344 g/mol. The third kappa shape index (κ3) is 5.83. The number of rotatable bonds is 7. The Bertz CT molecular complexity index is 843. The molecule has 2 rings (SSSR count). The monoisotopic (exact) mass is 366 g/mol. The molecule has 0 aliphatic carbocycles. The van der Waals surface area contributed by atoms with Crippen LogP contribution >= 0.6 is 0 Å². The van der Waals surface area contributed by atoms with Gasteiger partial charge in [-0.05, 0) is 56.4 Å². The zero-order valence-corrected chi connectivity index (χ0v) is 15.5. The van der Waals surface area contributed by atoms with Gasteiger partial charge >= 0.3 is 0 Å². The number of hydrogen-bond donors (Lipinski definition) is 2. The Balaban J connectivity index is 1.89. The van der Waals surface area contributed by atoms with Crippen molar-refractivity contribution in [3.05, 3.63) is 54.1 Å². The lowest BCUT2D eigenvalue weighted by Crippen LogP contribution is -2.43. The number of ether oxygens (including phenoxy) is 1. The van der Waals surface area contributed by atoms with Gasteiger partial charge in [-0.3, -0.25) is 14.5 Å². The van der Waals surface area contributed by atoms with Crippen molar-refractivity contribution >= 4 is 23.2 Å². The predicted molar refractivity (Wildman–Crippen MR) is 104 cm³/mol. The van der Waals surface area contributed by atoms with Crippen LogP contribution in [0.15, 0.2) is 48.5 Å². The number of nitrogens with zero attached hydrogens (tertiary/aromatic N) is 2. The van der Waals surface area contributed by atoms with Crippen LogP contribution in [0.1, 0.15) is 12.5 Å². The molecule has 2 amide bonds. The van der Waals surface area contributed by atoms with Crippen LogP contribution in [-0.4, -0.2) is 43.5 Å². The molecule has 0 saturated heterocycles. The van der Waals surface area contributed by atoms with Crippen molar-refractivity contribution in [2.24, 2.45) is 0 Å². The van der Waals surface area contributed by atoms with Gasteiger partial charge in [0.25, 0.3) is 0 Å². The molecule has 1 atom stereocenters. The maximum atomic E-state index is 12.4. The lowest BCUT2D eigenvalue weighted by Gasteiger charge is -2.23. The van der Waals surface area contributed by atoms with Crippen LogP contribution in [0, 0.1) is 11.3 Å². The normalized spacial score (nSPS) is 11.4. The second-order valence-corrected chi connectivity index (χ2v) is 6.05. The van der Waals surface area contributed by atoms with E-state index in [0.717, 1.165) is 0 Å². The molecule has 27 heavy (non-hydrogen) atoms. The van der Waals surface area contributed by atoms with Crippen molar-refractivity contribution in [3.8, 4) is 11.8 Å². The van der Waals surface area contributed by atoms with Gasteiger partial charge in [0.15, 0.2) is 0 Å². The first-order valence-corrected chi connectivity index (χ1v) is 8.38. The highest BCUT2D eigenvalue weighted by Gasteiger charge is 2.20. The Morgan fingerprint density at radius 1 is 1.15 bits per heavy atom. The van der Waals surface area contributed by atoms with Gasteiger partial charge in [0.05, 0.1) is 31.3 Å². The number of hydrogen-bond acceptors (Lipinski definition) is 5. The molecule has 0 radical (unpaired) electrons. The second-order valence-electron chi connectivity index (χ2n) is 6.05. The first-order valence-electron chi connectivity index (χ1n) is 8.38. The molecule has 0 aliphatic heterocycles. The average Bonchev–Trinajstić information content (AvgIpc) is 2.67. The number of methoxy groups -OCH3 is 1. The smallest absolute Gasteiger partial charge is 0.241 e. The lowest BCUT2D eigenvalue weighted by molar-refractivity contribution is -0.122. The Morgan fingerprint density at radius 2 is 1.85 bits per heavy atom. The molecule has 0 heterocycles. The van der Waals surface area contributed by atoms with E-state index >= 15 is 0 Å². The minimum absolute atomic E-state index is 0.0544. The summed E-state index contributed by atoms with van der Waals surface area (Å²) in [5.74, 6) is 0.217. The lowest BCUT2D eigenvalue weighted by atomic mass is 10.2. The number of likely N-dealkylation sites (N-methyl/N-ethyl adjacent to an activating group) is 1. The molecule has 0 spiro atoms. The number of amides is 2. The predicted octanol–water partition coefficient (Wildman–Crippen LogP) is 2.46. The SMILES string of the molecule is COc1ccc(NC(=O)CN(C)C(C)C(=O)Nc2cccc(C#N)c2)cc1. The maximum Gasteiger partial charge on any atom is 0.241 e. The fourth-order valence-corrected chi connectivity index (χ4v) is 2.35. The molecule has 2 aromatic rings. The van der Waals surface area contributed by atoms with Crippen LogP contribution < -0.4 is 15.4 Å². The van der Waals surface area contributed by atoms with E-state index in [1.54, 1.807) is 74.5 Å². The van der Waals surface area contributed by atoms with Crippen LogP contribution in [0.5, 0.6) is 5.75 Å².